The number of thiazole rings is 1. The number of benzene rings is 2. The van der Waals surface area contributed by atoms with E-state index in [1.54, 1.807) is 24.4 Å². The van der Waals surface area contributed by atoms with E-state index in [1.807, 2.05) is 40.8 Å². The van der Waals surface area contributed by atoms with E-state index in [4.69, 9.17) is 0 Å². The number of carbonyl (C=O) groups is 1. The molecule has 11 heteroatoms. The number of amides is 1. The van der Waals surface area contributed by atoms with Crippen LogP contribution < -0.4 is 5.32 Å². The molecule has 1 atom stereocenters. The first-order chi connectivity index (χ1) is 16.0. The minimum Gasteiger partial charge on any atom is -0.301 e. The average molecular weight is 477 g/mol. The van der Waals surface area contributed by atoms with Crippen molar-refractivity contribution >= 4 is 56.4 Å². The molecular formula is C22H16N6O3S2. The minimum atomic E-state index is -0.457. The van der Waals surface area contributed by atoms with Crippen LogP contribution in [0.2, 0.25) is 0 Å². The van der Waals surface area contributed by atoms with Crippen molar-refractivity contribution in [2.45, 2.75) is 17.3 Å². The molecule has 0 aliphatic carbocycles. The second-order valence-electron chi connectivity index (χ2n) is 7.16. The van der Waals surface area contributed by atoms with Gasteiger partial charge in [0.2, 0.25) is 5.91 Å². The third-order valence-corrected chi connectivity index (χ3v) is 6.79. The number of nitro benzene ring substituents is 1. The summed E-state index contributed by atoms with van der Waals surface area (Å²) in [5.74, 6) is -0.225. The lowest BCUT2D eigenvalue weighted by atomic mass is 10.1. The Balaban J connectivity index is 1.33. The monoisotopic (exact) mass is 476 g/mol. The Morgan fingerprint density at radius 3 is 2.85 bits per heavy atom. The van der Waals surface area contributed by atoms with Crippen molar-refractivity contribution in [2.24, 2.45) is 0 Å². The molecule has 0 radical (unpaired) electrons. The molecule has 2 aromatic carbocycles. The van der Waals surface area contributed by atoms with Crippen LogP contribution in [0.25, 0.3) is 27.8 Å². The van der Waals surface area contributed by atoms with Gasteiger partial charge in [0.15, 0.2) is 15.9 Å². The highest BCUT2D eigenvalue weighted by molar-refractivity contribution is 8.00. The van der Waals surface area contributed by atoms with Crippen LogP contribution >= 0.6 is 23.1 Å². The van der Waals surface area contributed by atoms with Crippen LogP contribution in [0.1, 0.15) is 6.92 Å². The van der Waals surface area contributed by atoms with E-state index >= 15 is 0 Å². The molecule has 1 N–H and O–H groups in total. The summed E-state index contributed by atoms with van der Waals surface area (Å²) in [5, 5.41) is 25.7. The molecule has 1 amide bonds. The summed E-state index contributed by atoms with van der Waals surface area (Å²) >= 11 is 2.57. The summed E-state index contributed by atoms with van der Waals surface area (Å²) in [6.07, 6.45) is 0. The maximum absolute atomic E-state index is 12.8. The summed E-state index contributed by atoms with van der Waals surface area (Å²) in [7, 11) is 0. The van der Waals surface area contributed by atoms with Crippen LogP contribution in [-0.4, -0.2) is 35.7 Å². The van der Waals surface area contributed by atoms with Crippen molar-refractivity contribution in [3.8, 4) is 11.3 Å². The van der Waals surface area contributed by atoms with Gasteiger partial charge in [0, 0.05) is 23.1 Å². The van der Waals surface area contributed by atoms with Gasteiger partial charge >= 0.3 is 0 Å². The Labute approximate surface area is 195 Å². The molecule has 0 fully saturated rings. The van der Waals surface area contributed by atoms with Gasteiger partial charge in [0.05, 0.1) is 21.4 Å². The van der Waals surface area contributed by atoms with Crippen molar-refractivity contribution in [1.82, 2.24) is 19.6 Å². The van der Waals surface area contributed by atoms with Crippen molar-refractivity contribution in [2.75, 3.05) is 5.32 Å². The Kier molecular flexibility index (Phi) is 5.48. The fourth-order valence-electron chi connectivity index (χ4n) is 3.35. The number of nitrogens with zero attached hydrogens (tertiary/aromatic N) is 5. The summed E-state index contributed by atoms with van der Waals surface area (Å²) in [6, 6.07) is 18.1. The van der Waals surface area contributed by atoms with Crippen LogP contribution in [0.15, 0.2) is 71.2 Å². The number of nitrogens with one attached hydrogen (secondary N) is 1. The summed E-state index contributed by atoms with van der Waals surface area (Å²) in [5.41, 5.74) is 2.85. The molecule has 33 heavy (non-hydrogen) atoms. The zero-order valence-corrected chi connectivity index (χ0v) is 18.8. The number of para-hydroxylation sites is 1. The predicted molar refractivity (Wildman–Crippen MR) is 129 cm³/mol. The number of thioether (sulfide) groups is 1. The molecular weight excluding hydrogens is 460 g/mol. The average Bonchev–Trinajstić information content (AvgIpc) is 3.46. The topological polar surface area (TPSA) is 115 Å². The predicted octanol–water partition coefficient (Wildman–Crippen LogP) is 5.03. The van der Waals surface area contributed by atoms with Gasteiger partial charge in [-0.05, 0) is 30.5 Å². The molecule has 164 valence electrons. The van der Waals surface area contributed by atoms with E-state index in [0.717, 1.165) is 10.9 Å². The van der Waals surface area contributed by atoms with Gasteiger partial charge in [-0.3, -0.25) is 19.3 Å². The molecule has 9 nitrogen and oxygen atoms in total. The number of rotatable bonds is 6. The number of non-ortho nitro benzene ring substituents is 1. The van der Waals surface area contributed by atoms with E-state index in [0.29, 0.717) is 27.2 Å². The zero-order valence-electron chi connectivity index (χ0n) is 17.2. The number of fused-ring (bicyclic) bond motifs is 3. The van der Waals surface area contributed by atoms with Crippen molar-refractivity contribution < 1.29 is 9.72 Å². The molecule has 5 rings (SSSR count). The van der Waals surface area contributed by atoms with Gasteiger partial charge in [-0.2, -0.15) is 0 Å². The van der Waals surface area contributed by atoms with Crippen molar-refractivity contribution in [1.29, 1.82) is 0 Å². The van der Waals surface area contributed by atoms with Crippen molar-refractivity contribution in [3.63, 3.8) is 0 Å². The number of aromatic nitrogens is 4. The second-order valence-corrected chi connectivity index (χ2v) is 9.33. The van der Waals surface area contributed by atoms with E-state index in [9.17, 15) is 14.9 Å². The quantitative estimate of drug-likeness (QED) is 0.207. The number of pyridine rings is 1. The van der Waals surface area contributed by atoms with E-state index in [1.165, 1.54) is 35.2 Å². The smallest absolute Gasteiger partial charge is 0.270 e. The molecule has 0 bridgehead atoms. The number of hydrogen-bond acceptors (Lipinski definition) is 8. The van der Waals surface area contributed by atoms with Gasteiger partial charge in [-0.15, -0.1) is 21.5 Å². The number of anilines is 1. The minimum absolute atomic E-state index is 0.0100. The molecule has 0 aliphatic rings. The van der Waals surface area contributed by atoms with Gasteiger partial charge in [-0.25, -0.2) is 4.98 Å². The second kappa shape index (κ2) is 8.60. The fourth-order valence-corrected chi connectivity index (χ4v) is 4.94. The number of nitro groups is 1. The van der Waals surface area contributed by atoms with Gasteiger partial charge in [-0.1, -0.05) is 42.1 Å². The van der Waals surface area contributed by atoms with E-state index in [2.05, 4.69) is 20.5 Å². The fraction of sp³-hybridized carbons (Fsp3) is 0.0909. The summed E-state index contributed by atoms with van der Waals surface area (Å²) < 4.78 is 1.94. The molecule has 3 heterocycles. The van der Waals surface area contributed by atoms with Gasteiger partial charge < -0.3 is 5.32 Å². The zero-order chi connectivity index (χ0) is 22.9. The van der Waals surface area contributed by atoms with E-state index in [-0.39, 0.29) is 11.6 Å². The Morgan fingerprint density at radius 1 is 1.15 bits per heavy atom. The molecule has 0 aliphatic heterocycles. The summed E-state index contributed by atoms with van der Waals surface area (Å²) in [4.78, 5) is 27.8. The maximum atomic E-state index is 12.8. The molecule has 0 spiro atoms. The normalized spacial score (nSPS) is 12.2. The lowest BCUT2D eigenvalue weighted by molar-refractivity contribution is -0.384. The Hall–Kier alpha value is -3.83. The third-order valence-electron chi connectivity index (χ3n) is 4.99. The van der Waals surface area contributed by atoms with Crippen molar-refractivity contribution in [3.05, 3.63) is 76.2 Å². The largest absolute Gasteiger partial charge is 0.301 e. The highest BCUT2D eigenvalue weighted by Gasteiger charge is 2.20. The molecule has 0 saturated heterocycles. The summed E-state index contributed by atoms with van der Waals surface area (Å²) in [6.45, 7) is 1.79. The highest BCUT2D eigenvalue weighted by atomic mass is 32.2. The lowest BCUT2D eigenvalue weighted by Crippen LogP contribution is -2.22. The third kappa shape index (κ3) is 4.15. The standard InChI is InChI=1S/C22H16N6O3S2/c1-13(33-22-26-25-19-10-9-14-5-2-3-8-18(14)27(19)22)20(29)24-21-23-17(12-32-21)15-6-4-7-16(11-15)28(30)31/h2-13H,1H3,(H,23,24,29). The molecule has 0 saturated carbocycles. The van der Waals surface area contributed by atoms with Crippen LogP contribution in [0.5, 0.6) is 0 Å². The number of hydrogen-bond donors (Lipinski definition) is 1. The first kappa shape index (κ1) is 21.0. The molecule has 5 aromatic rings. The molecule has 1 unspecified atom stereocenters. The van der Waals surface area contributed by atoms with Crippen LogP contribution in [0.3, 0.4) is 0 Å². The highest BCUT2D eigenvalue weighted by Crippen LogP contribution is 2.29. The first-order valence-corrected chi connectivity index (χ1v) is 11.7. The molecule has 3 aromatic heterocycles. The van der Waals surface area contributed by atoms with Crippen LogP contribution in [0.4, 0.5) is 10.8 Å². The Morgan fingerprint density at radius 2 is 2.00 bits per heavy atom. The first-order valence-electron chi connectivity index (χ1n) is 9.90. The van der Waals surface area contributed by atoms with Crippen LogP contribution in [-0.2, 0) is 4.79 Å². The lowest BCUT2D eigenvalue weighted by Gasteiger charge is -2.10. The van der Waals surface area contributed by atoms with Gasteiger partial charge in [0.1, 0.15) is 0 Å². The SMILES string of the molecule is CC(Sc1nnc2ccc3ccccc3n12)C(=O)Nc1nc(-c2cccc([N+](=O)[O-])c2)cs1. The maximum Gasteiger partial charge on any atom is 0.270 e. The van der Waals surface area contributed by atoms with E-state index < -0.39 is 10.2 Å². The van der Waals surface area contributed by atoms with Crippen LogP contribution in [0, 0.1) is 10.1 Å². The Bertz CT molecular complexity index is 1510. The van der Waals surface area contributed by atoms with Gasteiger partial charge in [0.25, 0.3) is 5.69 Å². The number of carbonyl (C=O) groups excluding carboxylic acids is 1.